The van der Waals surface area contributed by atoms with Gasteiger partial charge in [0.15, 0.2) is 0 Å². The zero-order valence-corrected chi connectivity index (χ0v) is 14.7. The molecule has 0 saturated carbocycles. The van der Waals surface area contributed by atoms with Gasteiger partial charge in [0.1, 0.15) is 0 Å². The minimum atomic E-state index is -0.992. The van der Waals surface area contributed by atoms with Gasteiger partial charge in [-0.2, -0.15) is 0 Å². The highest BCUT2D eigenvalue weighted by Crippen LogP contribution is 2.22. The number of carbonyl (C=O) groups is 2. The number of hydrogen-bond donors (Lipinski definition) is 2. The van der Waals surface area contributed by atoms with Gasteiger partial charge in [-0.05, 0) is 55.0 Å². The Hall–Kier alpha value is -1.72. The first-order chi connectivity index (χ1) is 11.4. The summed E-state index contributed by atoms with van der Waals surface area (Å²) in [6.07, 6.45) is 4.85. The van der Waals surface area contributed by atoms with E-state index in [2.05, 4.69) is 5.32 Å². The molecular formula is C17H20Cl2N2O3. The summed E-state index contributed by atoms with van der Waals surface area (Å²) in [5, 5.41) is 12.0. The Morgan fingerprint density at radius 2 is 1.83 bits per heavy atom. The van der Waals surface area contributed by atoms with Crippen LogP contribution in [0, 0.1) is 5.92 Å². The van der Waals surface area contributed by atoms with E-state index in [4.69, 9.17) is 28.3 Å². The number of piperidine rings is 1. The average Bonchev–Trinajstić information content (AvgIpc) is 2.52. The lowest BCUT2D eigenvalue weighted by atomic mass is 9.93. The van der Waals surface area contributed by atoms with Crippen LogP contribution < -0.4 is 5.32 Å². The van der Waals surface area contributed by atoms with E-state index in [0.29, 0.717) is 35.6 Å². The van der Waals surface area contributed by atoms with Gasteiger partial charge in [-0.25, -0.2) is 4.79 Å². The third-order valence-electron chi connectivity index (χ3n) is 4.06. The Balaban J connectivity index is 1.80. The van der Waals surface area contributed by atoms with Crippen LogP contribution in [0.15, 0.2) is 24.3 Å². The van der Waals surface area contributed by atoms with E-state index in [1.807, 2.05) is 4.90 Å². The number of nitrogens with zero attached hydrogens (tertiary/aromatic N) is 1. The number of hydrogen-bond acceptors (Lipinski definition) is 2. The number of carboxylic acid groups (broad SMARTS) is 1. The molecule has 1 aromatic rings. The Kier molecular flexibility index (Phi) is 6.94. The minimum absolute atomic E-state index is 0.0341. The molecule has 1 saturated heterocycles. The Morgan fingerprint density at radius 3 is 2.42 bits per heavy atom. The molecule has 5 nitrogen and oxygen atoms in total. The molecule has 0 aromatic heterocycles. The summed E-state index contributed by atoms with van der Waals surface area (Å²) < 4.78 is 0. The summed E-state index contributed by atoms with van der Waals surface area (Å²) >= 11 is 11.9. The molecule has 1 heterocycles. The summed E-state index contributed by atoms with van der Waals surface area (Å²) in [7, 11) is 0. The molecule has 2 amide bonds. The Labute approximate surface area is 151 Å². The summed E-state index contributed by atoms with van der Waals surface area (Å²) in [4.78, 5) is 24.5. The van der Waals surface area contributed by atoms with Crippen molar-refractivity contribution in [3.8, 4) is 0 Å². The molecule has 0 unspecified atom stereocenters. The maximum Gasteiger partial charge on any atom is 0.404 e. The second-order valence-electron chi connectivity index (χ2n) is 5.83. The smallest absolute Gasteiger partial charge is 0.404 e. The highest BCUT2D eigenvalue weighted by atomic mass is 35.5. The maximum absolute atomic E-state index is 12.2. The molecule has 2 N–H and O–H groups in total. The molecule has 0 aliphatic carbocycles. The molecule has 7 heteroatoms. The fourth-order valence-electron chi connectivity index (χ4n) is 2.77. The van der Waals surface area contributed by atoms with E-state index in [9.17, 15) is 9.59 Å². The zero-order chi connectivity index (χ0) is 17.5. The second-order valence-corrected chi connectivity index (χ2v) is 6.70. The monoisotopic (exact) mass is 370 g/mol. The molecular weight excluding hydrogens is 351 g/mol. The maximum atomic E-state index is 12.2. The first kappa shape index (κ1) is 18.6. The van der Waals surface area contributed by atoms with Gasteiger partial charge in [0.25, 0.3) is 0 Å². The van der Waals surface area contributed by atoms with Crippen LogP contribution in [0.2, 0.25) is 10.0 Å². The van der Waals surface area contributed by atoms with E-state index >= 15 is 0 Å². The van der Waals surface area contributed by atoms with Crippen molar-refractivity contribution >= 4 is 41.3 Å². The molecule has 1 fully saturated rings. The highest BCUT2D eigenvalue weighted by molar-refractivity contribution is 6.34. The van der Waals surface area contributed by atoms with Crippen molar-refractivity contribution < 1.29 is 14.7 Å². The van der Waals surface area contributed by atoms with Crippen molar-refractivity contribution in [1.82, 2.24) is 10.2 Å². The summed E-state index contributed by atoms with van der Waals surface area (Å²) in [6.45, 7) is 1.85. The normalized spacial score (nSPS) is 15.7. The number of amides is 2. The van der Waals surface area contributed by atoms with Crippen molar-refractivity contribution in [1.29, 1.82) is 0 Å². The highest BCUT2D eigenvalue weighted by Gasteiger charge is 2.21. The van der Waals surface area contributed by atoms with Crippen LogP contribution >= 0.6 is 23.2 Å². The van der Waals surface area contributed by atoms with E-state index < -0.39 is 6.09 Å². The van der Waals surface area contributed by atoms with Crippen LogP contribution in [-0.2, 0) is 4.79 Å². The van der Waals surface area contributed by atoms with Gasteiger partial charge in [-0.15, -0.1) is 0 Å². The summed E-state index contributed by atoms with van der Waals surface area (Å²) in [6, 6.07) is 5.14. The van der Waals surface area contributed by atoms with Crippen LogP contribution in [0.4, 0.5) is 4.79 Å². The standard InChI is InChI=1S/C17H20Cl2N2O3/c18-14-9-13(10-15(19)11-14)1-2-16(22)21-7-4-12(5-8-21)3-6-20-17(23)24/h1-2,9-12,20H,3-8H2,(H,23,24)/b2-1+. The first-order valence-corrected chi connectivity index (χ1v) is 8.59. The van der Waals surface area contributed by atoms with Gasteiger partial charge < -0.3 is 15.3 Å². The number of halogens is 2. The number of carbonyl (C=O) groups excluding carboxylic acids is 1. The molecule has 0 spiro atoms. The molecule has 0 atom stereocenters. The van der Waals surface area contributed by atoms with E-state index in [1.165, 1.54) is 6.08 Å². The molecule has 1 aliphatic heterocycles. The largest absolute Gasteiger partial charge is 0.465 e. The Morgan fingerprint density at radius 1 is 1.21 bits per heavy atom. The van der Waals surface area contributed by atoms with Crippen LogP contribution in [0.1, 0.15) is 24.8 Å². The third-order valence-corrected chi connectivity index (χ3v) is 4.49. The topological polar surface area (TPSA) is 69.6 Å². The SMILES string of the molecule is O=C(O)NCCC1CCN(C(=O)/C=C/c2cc(Cl)cc(Cl)c2)CC1. The lowest BCUT2D eigenvalue weighted by Crippen LogP contribution is -2.38. The van der Waals surface area contributed by atoms with Gasteiger partial charge in [0.2, 0.25) is 5.91 Å². The van der Waals surface area contributed by atoms with Crippen molar-refractivity contribution in [2.75, 3.05) is 19.6 Å². The van der Waals surface area contributed by atoms with Gasteiger partial charge in [-0.3, -0.25) is 4.79 Å². The van der Waals surface area contributed by atoms with Crippen molar-refractivity contribution in [2.24, 2.45) is 5.92 Å². The fourth-order valence-corrected chi connectivity index (χ4v) is 3.31. The third kappa shape index (κ3) is 6.06. The van der Waals surface area contributed by atoms with E-state index in [0.717, 1.165) is 24.8 Å². The number of rotatable bonds is 5. The number of benzene rings is 1. The molecule has 1 aliphatic rings. The lowest BCUT2D eigenvalue weighted by Gasteiger charge is -2.31. The number of likely N-dealkylation sites (tertiary alicyclic amines) is 1. The average molecular weight is 371 g/mol. The molecule has 0 radical (unpaired) electrons. The van der Waals surface area contributed by atoms with Crippen molar-refractivity contribution in [2.45, 2.75) is 19.3 Å². The van der Waals surface area contributed by atoms with E-state index in [1.54, 1.807) is 24.3 Å². The van der Waals surface area contributed by atoms with Gasteiger partial charge >= 0.3 is 6.09 Å². The molecule has 130 valence electrons. The van der Waals surface area contributed by atoms with Crippen molar-refractivity contribution in [3.63, 3.8) is 0 Å². The van der Waals surface area contributed by atoms with Gasteiger partial charge in [-0.1, -0.05) is 23.2 Å². The first-order valence-electron chi connectivity index (χ1n) is 7.84. The van der Waals surface area contributed by atoms with Crippen LogP contribution in [0.3, 0.4) is 0 Å². The lowest BCUT2D eigenvalue weighted by molar-refractivity contribution is -0.127. The predicted octanol–water partition coefficient (Wildman–Crippen LogP) is 3.90. The Bertz CT molecular complexity index is 606. The molecule has 1 aromatic carbocycles. The fraction of sp³-hybridized carbons (Fsp3) is 0.412. The van der Waals surface area contributed by atoms with Crippen molar-refractivity contribution in [3.05, 3.63) is 39.9 Å². The van der Waals surface area contributed by atoms with Gasteiger partial charge in [0, 0.05) is 35.8 Å². The van der Waals surface area contributed by atoms with Crippen LogP contribution in [0.5, 0.6) is 0 Å². The summed E-state index contributed by atoms with van der Waals surface area (Å²) in [5.41, 5.74) is 0.787. The molecule has 0 bridgehead atoms. The summed E-state index contributed by atoms with van der Waals surface area (Å²) in [5.74, 6) is 0.421. The van der Waals surface area contributed by atoms with Crippen LogP contribution in [0.25, 0.3) is 6.08 Å². The minimum Gasteiger partial charge on any atom is -0.465 e. The van der Waals surface area contributed by atoms with E-state index in [-0.39, 0.29) is 5.91 Å². The van der Waals surface area contributed by atoms with Gasteiger partial charge in [0.05, 0.1) is 0 Å². The second kappa shape index (κ2) is 8.94. The zero-order valence-electron chi connectivity index (χ0n) is 13.2. The molecule has 24 heavy (non-hydrogen) atoms. The quantitative estimate of drug-likeness (QED) is 0.772. The number of nitrogens with one attached hydrogen (secondary N) is 1. The van der Waals surface area contributed by atoms with Crippen LogP contribution in [-0.4, -0.2) is 41.6 Å². The molecule has 2 rings (SSSR count). The predicted molar refractivity (Wildman–Crippen MR) is 95.4 cm³/mol.